The second kappa shape index (κ2) is 10.0. The minimum absolute atomic E-state index is 0.267. The normalized spacial score (nSPS) is 13.5. The summed E-state index contributed by atoms with van der Waals surface area (Å²) in [5.74, 6) is 0.250. The van der Waals surface area contributed by atoms with Gasteiger partial charge in [0.1, 0.15) is 11.6 Å². The summed E-state index contributed by atoms with van der Waals surface area (Å²) in [5, 5.41) is 16.6. The average molecular weight is 624 g/mol. The first-order valence-corrected chi connectivity index (χ1v) is 13.3. The van der Waals surface area contributed by atoms with Crippen molar-refractivity contribution >= 4 is 37.7 Å². The molecule has 0 saturated carbocycles. The number of aliphatic hydroxyl groups is 1. The predicted molar refractivity (Wildman–Crippen MR) is 152 cm³/mol. The molecule has 0 amide bonds. The van der Waals surface area contributed by atoms with E-state index >= 15 is 0 Å². The number of aromatic nitrogens is 3. The highest BCUT2D eigenvalue weighted by Gasteiger charge is 2.57. The number of hydrogen-bond acceptors (Lipinski definition) is 3. The van der Waals surface area contributed by atoms with Crippen molar-refractivity contribution in [1.29, 1.82) is 0 Å². The number of alkyl halides is 3. The van der Waals surface area contributed by atoms with Crippen LogP contribution in [0.1, 0.15) is 16.7 Å². The lowest BCUT2D eigenvalue weighted by molar-refractivity contribution is -0.247. The van der Waals surface area contributed by atoms with Crippen LogP contribution in [0.2, 0.25) is 0 Å². The molecule has 4 aromatic carbocycles. The van der Waals surface area contributed by atoms with E-state index in [0.29, 0.717) is 32.3 Å². The molecule has 5 nitrogen and oxygen atoms in total. The number of halogens is 5. The Morgan fingerprint density at radius 1 is 0.902 bits per heavy atom. The highest BCUT2D eigenvalue weighted by atomic mass is 79.9. The molecule has 0 fully saturated rings. The van der Waals surface area contributed by atoms with Crippen LogP contribution in [-0.4, -0.2) is 32.7 Å². The molecule has 41 heavy (non-hydrogen) atoms. The van der Waals surface area contributed by atoms with Gasteiger partial charge in [0.2, 0.25) is 5.60 Å². The molecule has 0 bridgehead atoms. The van der Waals surface area contributed by atoms with E-state index in [9.17, 15) is 22.7 Å². The van der Waals surface area contributed by atoms with Gasteiger partial charge in [0.15, 0.2) is 0 Å². The van der Waals surface area contributed by atoms with Gasteiger partial charge in [-0.05, 0) is 71.8 Å². The SMILES string of the molecule is COc1ccc(Cn2cc(C(O)(c3ccc4c(cnn4-c4ccc(F)cc4)c3)C(F)(F)F)c3ccc(Br)cc32)cc1. The number of rotatable bonds is 6. The number of benzene rings is 4. The molecule has 0 radical (unpaired) electrons. The fraction of sp³-hybridized carbons (Fsp3) is 0.129. The van der Waals surface area contributed by atoms with Crippen LogP contribution < -0.4 is 4.74 Å². The summed E-state index contributed by atoms with van der Waals surface area (Å²) in [6.07, 6.45) is -2.27. The lowest BCUT2D eigenvalue weighted by Gasteiger charge is -2.31. The summed E-state index contributed by atoms with van der Waals surface area (Å²) >= 11 is 3.42. The van der Waals surface area contributed by atoms with Crippen LogP contribution in [0, 0.1) is 5.82 Å². The summed E-state index contributed by atoms with van der Waals surface area (Å²) in [7, 11) is 1.56. The van der Waals surface area contributed by atoms with Gasteiger partial charge in [0.05, 0.1) is 24.5 Å². The van der Waals surface area contributed by atoms with E-state index in [2.05, 4.69) is 21.0 Å². The molecule has 0 aliphatic carbocycles. The Labute approximate surface area is 240 Å². The molecule has 1 unspecified atom stereocenters. The van der Waals surface area contributed by atoms with E-state index in [1.54, 1.807) is 42.0 Å². The van der Waals surface area contributed by atoms with E-state index in [1.807, 2.05) is 12.1 Å². The molecule has 1 N–H and O–H groups in total. The van der Waals surface area contributed by atoms with Crippen LogP contribution in [0.4, 0.5) is 17.6 Å². The zero-order valence-electron chi connectivity index (χ0n) is 21.5. The highest BCUT2D eigenvalue weighted by molar-refractivity contribution is 9.10. The van der Waals surface area contributed by atoms with Crippen molar-refractivity contribution in [2.75, 3.05) is 7.11 Å². The molecule has 0 aliphatic rings. The van der Waals surface area contributed by atoms with Crippen molar-refractivity contribution in [2.45, 2.75) is 18.3 Å². The quantitative estimate of drug-likeness (QED) is 0.193. The highest BCUT2D eigenvalue weighted by Crippen LogP contribution is 2.48. The lowest BCUT2D eigenvalue weighted by Crippen LogP contribution is -2.43. The fourth-order valence-electron chi connectivity index (χ4n) is 5.13. The Hall–Kier alpha value is -4.15. The third kappa shape index (κ3) is 4.66. The topological polar surface area (TPSA) is 52.2 Å². The third-order valence-electron chi connectivity index (χ3n) is 7.21. The van der Waals surface area contributed by atoms with Gasteiger partial charge in [-0.2, -0.15) is 18.3 Å². The van der Waals surface area contributed by atoms with E-state index in [1.165, 1.54) is 59.5 Å². The summed E-state index contributed by atoms with van der Waals surface area (Å²) in [6, 6.07) is 21.8. The van der Waals surface area contributed by atoms with Gasteiger partial charge in [0.25, 0.3) is 0 Å². The molecule has 6 aromatic rings. The van der Waals surface area contributed by atoms with E-state index in [4.69, 9.17) is 4.74 Å². The number of hydrogen-bond donors (Lipinski definition) is 1. The van der Waals surface area contributed by atoms with Gasteiger partial charge < -0.3 is 14.4 Å². The molecule has 2 heterocycles. The van der Waals surface area contributed by atoms with Gasteiger partial charge in [-0.1, -0.05) is 40.2 Å². The largest absolute Gasteiger partial charge is 0.497 e. The van der Waals surface area contributed by atoms with Gasteiger partial charge in [-0.3, -0.25) is 0 Å². The maximum Gasteiger partial charge on any atom is 0.425 e. The molecule has 0 aliphatic heterocycles. The van der Waals surface area contributed by atoms with Crippen LogP contribution in [0.25, 0.3) is 27.5 Å². The predicted octanol–water partition coefficient (Wildman–Crippen LogP) is 7.74. The van der Waals surface area contributed by atoms with Crippen molar-refractivity contribution in [3.05, 3.63) is 124 Å². The van der Waals surface area contributed by atoms with Crippen LogP contribution in [-0.2, 0) is 12.1 Å². The Bertz CT molecular complexity index is 1880. The second-order valence-electron chi connectivity index (χ2n) is 9.69. The lowest BCUT2D eigenvalue weighted by atomic mass is 9.85. The maximum atomic E-state index is 15.0. The van der Waals surface area contributed by atoms with E-state index in [0.717, 1.165) is 5.56 Å². The Balaban J connectivity index is 1.50. The second-order valence-corrected chi connectivity index (χ2v) is 10.6. The Morgan fingerprint density at radius 2 is 1.63 bits per heavy atom. The first-order chi connectivity index (χ1) is 19.6. The molecule has 1 atom stereocenters. The maximum absolute atomic E-state index is 15.0. The number of fused-ring (bicyclic) bond motifs is 2. The van der Waals surface area contributed by atoms with Gasteiger partial charge in [0, 0.05) is 39.1 Å². The van der Waals surface area contributed by atoms with Crippen molar-refractivity contribution in [1.82, 2.24) is 14.3 Å². The first kappa shape index (κ1) is 27.0. The molecule has 0 spiro atoms. The molecule has 208 valence electrons. The number of ether oxygens (including phenoxy) is 1. The molecular formula is C31H22BrF4N3O2. The van der Waals surface area contributed by atoms with E-state index < -0.39 is 17.6 Å². The zero-order chi connectivity index (χ0) is 28.9. The van der Waals surface area contributed by atoms with Crippen LogP contribution >= 0.6 is 15.9 Å². The molecular weight excluding hydrogens is 602 g/mol. The monoisotopic (exact) mass is 623 g/mol. The first-order valence-electron chi connectivity index (χ1n) is 12.5. The number of nitrogens with zero attached hydrogens (tertiary/aromatic N) is 3. The van der Waals surface area contributed by atoms with Crippen LogP contribution in [0.5, 0.6) is 5.75 Å². The fourth-order valence-corrected chi connectivity index (χ4v) is 5.48. The summed E-state index contributed by atoms with van der Waals surface area (Å²) < 4.78 is 67.4. The summed E-state index contributed by atoms with van der Waals surface area (Å²) in [4.78, 5) is 0. The average Bonchev–Trinajstić information content (AvgIpc) is 3.54. The third-order valence-corrected chi connectivity index (χ3v) is 7.71. The van der Waals surface area contributed by atoms with Gasteiger partial charge in [-0.15, -0.1) is 0 Å². The summed E-state index contributed by atoms with van der Waals surface area (Å²) in [5.41, 5.74) is -1.52. The standard InChI is InChI=1S/C31H22BrF4N3O2/c1-41-25-10-2-19(3-11-25)17-38-18-27(26-12-5-22(32)15-29(26)38)30(40,31(34,35)36)21-4-13-28-20(14-21)16-37-39(28)24-8-6-23(33)7-9-24/h2-16,18,40H,17H2,1H3. The molecule has 0 saturated heterocycles. The number of methoxy groups -OCH3 is 1. The zero-order valence-corrected chi connectivity index (χ0v) is 23.1. The van der Waals surface area contributed by atoms with Crippen molar-refractivity contribution in [3.63, 3.8) is 0 Å². The van der Waals surface area contributed by atoms with Crippen LogP contribution in [0.3, 0.4) is 0 Å². The van der Waals surface area contributed by atoms with E-state index in [-0.39, 0.29) is 23.1 Å². The Kier molecular flexibility index (Phi) is 6.62. The Morgan fingerprint density at radius 3 is 2.32 bits per heavy atom. The summed E-state index contributed by atoms with van der Waals surface area (Å²) in [6.45, 7) is 0.272. The van der Waals surface area contributed by atoms with Crippen LogP contribution in [0.15, 0.2) is 102 Å². The molecule has 6 rings (SSSR count). The minimum atomic E-state index is -5.06. The van der Waals surface area contributed by atoms with Gasteiger partial charge >= 0.3 is 6.18 Å². The van der Waals surface area contributed by atoms with Crippen molar-refractivity contribution < 1.29 is 27.4 Å². The van der Waals surface area contributed by atoms with Gasteiger partial charge in [-0.25, -0.2) is 9.07 Å². The minimum Gasteiger partial charge on any atom is -0.497 e. The smallest absolute Gasteiger partial charge is 0.425 e. The molecule has 2 aromatic heterocycles. The molecule has 10 heteroatoms. The van der Waals surface area contributed by atoms with Crippen molar-refractivity contribution in [3.8, 4) is 11.4 Å². The van der Waals surface area contributed by atoms with Crippen molar-refractivity contribution in [2.24, 2.45) is 0 Å².